The standard InChI is InChI=1S/C12H21BrN2O2/c1-4-5-6-16-7-8-17-9-11-12(13)10(2)14-15(11)3/h4-9H2,1-3H3. The molecule has 17 heavy (non-hydrogen) atoms. The summed E-state index contributed by atoms with van der Waals surface area (Å²) in [5.41, 5.74) is 2.06. The van der Waals surface area contributed by atoms with E-state index in [1.54, 1.807) is 0 Å². The molecular weight excluding hydrogens is 284 g/mol. The molecule has 1 aromatic rings. The lowest BCUT2D eigenvalue weighted by atomic mass is 10.4. The molecule has 5 heteroatoms. The van der Waals surface area contributed by atoms with Crippen molar-refractivity contribution in [3.8, 4) is 0 Å². The van der Waals surface area contributed by atoms with Crippen LogP contribution in [-0.2, 0) is 23.1 Å². The Hall–Kier alpha value is -0.390. The van der Waals surface area contributed by atoms with E-state index in [9.17, 15) is 0 Å². The normalized spacial score (nSPS) is 11.1. The fourth-order valence-electron chi connectivity index (χ4n) is 1.47. The van der Waals surface area contributed by atoms with Crippen LogP contribution in [0.15, 0.2) is 4.47 Å². The van der Waals surface area contributed by atoms with Gasteiger partial charge >= 0.3 is 0 Å². The first-order valence-electron chi connectivity index (χ1n) is 6.00. The summed E-state index contributed by atoms with van der Waals surface area (Å²) >= 11 is 3.51. The Kier molecular flexibility index (Phi) is 6.77. The van der Waals surface area contributed by atoms with Gasteiger partial charge in [0.1, 0.15) is 0 Å². The number of aryl methyl sites for hydroxylation is 2. The summed E-state index contributed by atoms with van der Waals surface area (Å²) in [6.07, 6.45) is 2.29. The maximum absolute atomic E-state index is 5.56. The number of hydrogen-bond donors (Lipinski definition) is 0. The molecule has 0 spiro atoms. The maximum Gasteiger partial charge on any atom is 0.0897 e. The second-order valence-corrected chi connectivity index (χ2v) is 4.78. The van der Waals surface area contributed by atoms with Crippen LogP contribution in [-0.4, -0.2) is 29.6 Å². The predicted octanol–water partition coefficient (Wildman–Crippen LogP) is 2.82. The van der Waals surface area contributed by atoms with E-state index in [2.05, 4.69) is 28.0 Å². The van der Waals surface area contributed by atoms with Crippen molar-refractivity contribution in [2.45, 2.75) is 33.3 Å². The molecule has 0 saturated carbocycles. The van der Waals surface area contributed by atoms with Crippen molar-refractivity contribution in [1.29, 1.82) is 0 Å². The van der Waals surface area contributed by atoms with Crippen molar-refractivity contribution < 1.29 is 9.47 Å². The molecule has 0 atom stereocenters. The molecule has 0 amide bonds. The van der Waals surface area contributed by atoms with Crippen LogP contribution in [0.2, 0.25) is 0 Å². The van der Waals surface area contributed by atoms with E-state index >= 15 is 0 Å². The number of unbranched alkanes of at least 4 members (excludes halogenated alkanes) is 1. The van der Waals surface area contributed by atoms with Gasteiger partial charge in [-0.1, -0.05) is 13.3 Å². The highest BCUT2D eigenvalue weighted by Crippen LogP contribution is 2.20. The number of nitrogens with zero attached hydrogens (tertiary/aromatic N) is 2. The zero-order chi connectivity index (χ0) is 12.7. The first-order chi connectivity index (χ1) is 8.16. The number of rotatable bonds is 8. The van der Waals surface area contributed by atoms with E-state index in [-0.39, 0.29) is 0 Å². The molecule has 0 fully saturated rings. The van der Waals surface area contributed by atoms with Crippen molar-refractivity contribution in [2.24, 2.45) is 7.05 Å². The summed E-state index contributed by atoms with van der Waals surface area (Å²) in [6.45, 7) is 6.81. The minimum Gasteiger partial charge on any atom is -0.379 e. The summed E-state index contributed by atoms with van der Waals surface area (Å²) in [6, 6.07) is 0. The van der Waals surface area contributed by atoms with Gasteiger partial charge in [-0.2, -0.15) is 5.10 Å². The molecule has 0 radical (unpaired) electrons. The monoisotopic (exact) mass is 304 g/mol. The molecule has 0 unspecified atom stereocenters. The van der Waals surface area contributed by atoms with Crippen molar-refractivity contribution in [1.82, 2.24) is 9.78 Å². The van der Waals surface area contributed by atoms with Crippen LogP contribution in [0.25, 0.3) is 0 Å². The zero-order valence-electron chi connectivity index (χ0n) is 10.8. The van der Waals surface area contributed by atoms with Gasteiger partial charge in [0, 0.05) is 13.7 Å². The molecule has 0 aliphatic heterocycles. The first-order valence-corrected chi connectivity index (χ1v) is 6.79. The quantitative estimate of drug-likeness (QED) is 0.693. The minimum absolute atomic E-state index is 0.565. The van der Waals surface area contributed by atoms with Gasteiger partial charge in [-0.3, -0.25) is 4.68 Å². The van der Waals surface area contributed by atoms with Gasteiger partial charge < -0.3 is 9.47 Å². The molecule has 0 aliphatic carbocycles. The van der Waals surface area contributed by atoms with Crippen molar-refractivity contribution in [3.63, 3.8) is 0 Å². The Balaban J connectivity index is 2.18. The molecule has 0 saturated heterocycles. The van der Waals surface area contributed by atoms with E-state index in [1.165, 1.54) is 6.42 Å². The SMILES string of the molecule is CCCCOCCOCc1c(Br)c(C)nn1C. The molecule has 0 N–H and O–H groups in total. The summed E-state index contributed by atoms with van der Waals surface area (Å²) in [7, 11) is 1.92. The van der Waals surface area contributed by atoms with Gasteiger partial charge in [0.25, 0.3) is 0 Å². The molecule has 0 aromatic carbocycles. The van der Waals surface area contributed by atoms with Crippen molar-refractivity contribution >= 4 is 15.9 Å². The summed E-state index contributed by atoms with van der Waals surface area (Å²) in [4.78, 5) is 0. The highest BCUT2D eigenvalue weighted by molar-refractivity contribution is 9.10. The molecular formula is C12H21BrN2O2. The third kappa shape index (κ3) is 4.77. The van der Waals surface area contributed by atoms with E-state index in [0.717, 1.165) is 28.9 Å². The van der Waals surface area contributed by atoms with Gasteiger partial charge in [-0.05, 0) is 29.3 Å². The maximum atomic E-state index is 5.56. The van der Waals surface area contributed by atoms with E-state index in [4.69, 9.17) is 9.47 Å². The third-order valence-electron chi connectivity index (χ3n) is 2.51. The van der Waals surface area contributed by atoms with Crippen LogP contribution >= 0.6 is 15.9 Å². The van der Waals surface area contributed by atoms with E-state index in [0.29, 0.717) is 19.8 Å². The average Bonchev–Trinajstić information content (AvgIpc) is 2.54. The van der Waals surface area contributed by atoms with Crippen LogP contribution in [0.3, 0.4) is 0 Å². The number of aromatic nitrogens is 2. The summed E-state index contributed by atoms with van der Waals surface area (Å²) in [5.74, 6) is 0. The number of halogens is 1. The van der Waals surface area contributed by atoms with Crippen LogP contribution < -0.4 is 0 Å². The van der Waals surface area contributed by atoms with Gasteiger partial charge in [0.15, 0.2) is 0 Å². The predicted molar refractivity (Wildman–Crippen MR) is 71.0 cm³/mol. The topological polar surface area (TPSA) is 36.3 Å². The van der Waals surface area contributed by atoms with Crippen LogP contribution in [0.4, 0.5) is 0 Å². The molecule has 1 heterocycles. The van der Waals surface area contributed by atoms with Crippen LogP contribution in [0, 0.1) is 6.92 Å². The Labute approximate surface area is 111 Å². The fourth-order valence-corrected chi connectivity index (χ4v) is 1.92. The first kappa shape index (κ1) is 14.7. The van der Waals surface area contributed by atoms with Gasteiger partial charge in [-0.25, -0.2) is 0 Å². The van der Waals surface area contributed by atoms with E-state index < -0.39 is 0 Å². The van der Waals surface area contributed by atoms with E-state index in [1.807, 2.05) is 18.7 Å². The largest absolute Gasteiger partial charge is 0.379 e. The smallest absolute Gasteiger partial charge is 0.0897 e. The summed E-state index contributed by atoms with van der Waals surface area (Å²) in [5, 5.41) is 4.31. The highest BCUT2D eigenvalue weighted by atomic mass is 79.9. The molecule has 0 bridgehead atoms. The van der Waals surface area contributed by atoms with Crippen LogP contribution in [0.5, 0.6) is 0 Å². The minimum atomic E-state index is 0.565. The van der Waals surface area contributed by atoms with Gasteiger partial charge in [-0.15, -0.1) is 0 Å². The highest BCUT2D eigenvalue weighted by Gasteiger charge is 2.09. The Bertz CT molecular complexity index is 339. The Morgan fingerprint density at radius 1 is 1.24 bits per heavy atom. The Morgan fingerprint density at radius 2 is 1.94 bits per heavy atom. The van der Waals surface area contributed by atoms with Crippen LogP contribution in [0.1, 0.15) is 31.2 Å². The van der Waals surface area contributed by atoms with Gasteiger partial charge in [0.2, 0.25) is 0 Å². The lowest BCUT2D eigenvalue weighted by Crippen LogP contribution is -2.07. The fraction of sp³-hybridized carbons (Fsp3) is 0.750. The second-order valence-electron chi connectivity index (χ2n) is 3.99. The lowest BCUT2D eigenvalue weighted by molar-refractivity contribution is 0.0374. The summed E-state index contributed by atoms with van der Waals surface area (Å²) < 4.78 is 13.9. The number of hydrogen-bond acceptors (Lipinski definition) is 3. The van der Waals surface area contributed by atoms with Gasteiger partial charge in [0.05, 0.1) is 35.7 Å². The molecule has 98 valence electrons. The molecule has 0 aliphatic rings. The molecule has 1 rings (SSSR count). The third-order valence-corrected chi connectivity index (χ3v) is 3.55. The second kappa shape index (κ2) is 7.84. The number of ether oxygens (including phenoxy) is 2. The van der Waals surface area contributed by atoms with Crippen molar-refractivity contribution in [2.75, 3.05) is 19.8 Å². The average molecular weight is 305 g/mol. The Morgan fingerprint density at radius 3 is 2.53 bits per heavy atom. The molecule has 1 aromatic heterocycles. The van der Waals surface area contributed by atoms with Crippen molar-refractivity contribution in [3.05, 3.63) is 15.9 Å². The lowest BCUT2D eigenvalue weighted by Gasteiger charge is -2.06. The zero-order valence-corrected chi connectivity index (χ0v) is 12.4. The molecule has 4 nitrogen and oxygen atoms in total.